The van der Waals surface area contributed by atoms with Crippen molar-refractivity contribution in [2.24, 2.45) is 5.10 Å². The Morgan fingerprint density at radius 3 is 2.48 bits per heavy atom. The Morgan fingerprint density at radius 2 is 1.79 bits per heavy atom. The molecule has 0 unspecified atom stereocenters. The zero-order valence-electron chi connectivity index (χ0n) is 17.7. The number of unbranched alkanes of at least 4 members (excludes halogenated alkanes) is 2. The molecule has 0 fully saturated rings. The molecule has 29 heavy (non-hydrogen) atoms. The Kier molecular flexibility index (Phi) is 9.02. The lowest BCUT2D eigenvalue weighted by Crippen LogP contribution is -2.24. The van der Waals surface area contributed by atoms with Crippen molar-refractivity contribution in [3.63, 3.8) is 0 Å². The van der Waals surface area contributed by atoms with E-state index in [-0.39, 0.29) is 12.5 Å². The number of hydrogen-bond donors (Lipinski definition) is 1. The third-order valence-electron chi connectivity index (χ3n) is 4.16. The number of amides is 1. The lowest BCUT2D eigenvalue weighted by molar-refractivity contribution is -0.123. The fraction of sp³-hybridized carbons (Fsp3) is 0.391. The average Bonchev–Trinajstić information content (AvgIpc) is 2.69. The molecule has 0 spiro atoms. The third-order valence-corrected chi connectivity index (χ3v) is 4.16. The summed E-state index contributed by atoms with van der Waals surface area (Å²) in [4.78, 5) is 11.9. The topological polar surface area (TPSA) is 69.2 Å². The van der Waals surface area contributed by atoms with Gasteiger partial charge in [-0.3, -0.25) is 4.79 Å². The summed E-state index contributed by atoms with van der Waals surface area (Å²) in [7, 11) is 1.60. The molecule has 156 valence electrons. The lowest BCUT2D eigenvalue weighted by Gasteiger charge is -2.11. The van der Waals surface area contributed by atoms with Crippen molar-refractivity contribution in [2.75, 3.05) is 20.3 Å². The molecule has 0 aromatic heterocycles. The van der Waals surface area contributed by atoms with Gasteiger partial charge in [-0.05, 0) is 67.3 Å². The second kappa shape index (κ2) is 11.7. The smallest absolute Gasteiger partial charge is 0.277 e. The van der Waals surface area contributed by atoms with Gasteiger partial charge in [-0.15, -0.1) is 0 Å². The highest BCUT2D eigenvalue weighted by atomic mass is 16.5. The quantitative estimate of drug-likeness (QED) is 0.346. The van der Waals surface area contributed by atoms with Crippen LogP contribution in [0.4, 0.5) is 0 Å². The second-order valence-electron chi connectivity index (χ2n) is 6.87. The van der Waals surface area contributed by atoms with Gasteiger partial charge < -0.3 is 14.2 Å². The second-order valence-corrected chi connectivity index (χ2v) is 6.87. The van der Waals surface area contributed by atoms with E-state index < -0.39 is 0 Å². The number of hydrazone groups is 1. The zero-order chi connectivity index (χ0) is 21.1. The van der Waals surface area contributed by atoms with Crippen LogP contribution in [0.5, 0.6) is 17.2 Å². The predicted octanol–water partition coefficient (Wildman–Crippen LogP) is 4.41. The monoisotopic (exact) mass is 398 g/mol. The Balaban J connectivity index is 1.84. The molecular weight excluding hydrogens is 368 g/mol. The number of benzene rings is 2. The van der Waals surface area contributed by atoms with E-state index in [1.54, 1.807) is 13.3 Å². The number of carbonyl (C=O) groups is 1. The third kappa shape index (κ3) is 7.86. The van der Waals surface area contributed by atoms with Crippen molar-refractivity contribution in [1.82, 2.24) is 5.43 Å². The van der Waals surface area contributed by atoms with Crippen LogP contribution in [0.15, 0.2) is 41.5 Å². The van der Waals surface area contributed by atoms with Crippen molar-refractivity contribution < 1.29 is 19.0 Å². The highest BCUT2D eigenvalue weighted by molar-refractivity contribution is 5.83. The summed E-state index contributed by atoms with van der Waals surface area (Å²) in [6, 6.07) is 11.4. The van der Waals surface area contributed by atoms with Crippen LogP contribution in [0.2, 0.25) is 0 Å². The van der Waals surface area contributed by atoms with Crippen molar-refractivity contribution in [3.05, 3.63) is 53.1 Å². The molecule has 6 nitrogen and oxygen atoms in total. The van der Waals surface area contributed by atoms with Crippen molar-refractivity contribution in [1.29, 1.82) is 0 Å². The van der Waals surface area contributed by atoms with Gasteiger partial charge >= 0.3 is 0 Å². The van der Waals surface area contributed by atoms with E-state index in [2.05, 4.69) is 17.5 Å². The van der Waals surface area contributed by atoms with Crippen molar-refractivity contribution >= 4 is 12.1 Å². The van der Waals surface area contributed by atoms with Crippen LogP contribution in [-0.4, -0.2) is 32.4 Å². The molecular formula is C23H30N2O4. The van der Waals surface area contributed by atoms with Crippen LogP contribution >= 0.6 is 0 Å². The van der Waals surface area contributed by atoms with Crippen LogP contribution < -0.4 is 19.6 Å². The molecule has 2 aromatic carbocycles. The van der Waals surface area contributed by atoms with Crippen molar-refractivity contribution in [2.45, 2.75) is 40.0 Å². The Bertz CT molecular complexity index is 813. The molecule has 6 heteroatoms. The zero-order valence-corrected chi connectivity index (χ0v) is 17.7. The maximum Gasteiger partial charge on any atom is 0.277 e. The summed E-state index contributed by atoms with van der Waals surface area (Å²) in [6.45, 7) is 6.69. The van der Waals surface area contributed by atoms with E-state index in [1.165, 1.54) is 0 Å². The Hall–Kier alpha value is -3.02. The van der Waals surface area contributed by atoms with E-state index in [0.717, 1.165) is 36.0 Å². The largest absolute Gasteiger partial charge is 0.493 e. The molecule has 2 aromatic rings. The molecule has 1 N–H and O–H groups in total. The van der Waals surface area contributed by atoms with Crippen LogP contribution in [0.25, 0.3) is 0 Å². The lowest BCUT2D eigenvalue weighted by atomic mass is 10.1. The number of aryl methyl sites for hydroxylation is 2. The number of nitrogens with zero attached hydrogens (tertiary/aromatic N) is 1. The Labute approximate surface area is 172 Å². The van der Waals surface area contributed by atoms with E-state index in [1.807, 2.05) is 50.2 Å². The molecule has 0 saturated heterocycles. The fourth-order valence-corrected chi connectivity index (χ4v) is 2.79. The molecule has 0 aliphatic heterocycles. The summed E-state index contributed by atoms with van der Waals surface area (Å²) in [5.74, 6) is 1.67. The van der Waals surface area contributed by atoms with Gasteiger partial charge in [-0.2, -0.15) is 5.10 Å². The van der Waals surface area contributed by atoms with Gasteiger partial charge in [0.1, 0.15) is 5.75 Å². The average molecular weight is 399 g/mol. The molecule has 2 rings (SSSR count). The van der Waals surface area contributed by atoms with Crippen LogP contribution in [-0.2, 0) is 4.79 Å². The highest BCUT2D eigenvalue weighted by Gasteiger charge is 2.06. The summed E-state index contributed by atoms with van der Waals surface area (Å²) >= 11 is 0. The minimum atomic E-state index is -0.330. The van der Waals surface area contributed by atoms with Crippen LogP contribution in [0, 0.1) is 13.8 Å². The van der Waals surface area contributed by atoms with E-state index in [4.69, 9.17) is 14.2 Å². The van der Waals surface area contributed by atoms with Crippen LogP contribution in [0.1, 0.15) is 42.9 Å². The molecule has 0 aliphatic rings. The number of methoxy groups -OCH3 is 1. The summed E-state index contributed by atoms with van der Waals surface area (Å²) in [6.07, 6.45) is 4.86. The first-order chi connectivity index (χ1) is 14.0. The highest BCUT2D eigenvalue weighted by Crippen LogP contribution is 2.27. The molecule has 0 bridgehead atoms. The minimum Gasteiger partial charge on any atom is -0.493 e. The van der Waals surface area contributed by atoms with Crippen LogP contribution in [0.3, 0.4) is 0 Å². The van der Waals surface area contributed by atoms with Gasteiger partial charge in [0.15, 0.2) is 18.1 Å². The first kappa shape index (κ1) is 22.3. The predicted molar refractivity (Wildman–Crippen MR) is 115 cm³/mol. The summed E-state index contributed by atoms with van der Waals surface area (Å²) in [5, 5.41) is 3.98. The van der Waals surface area contributed by atoms with Gasteiger partial charge in [-0.1, -0.05) is 25.8 Å². The number of rotatable bonds is 11. The first-order valence-electron chi connectivity index (χ1n) is 9.85. The van der Waals surface area contributed by atoms with E-state index in [9.17, 15) is 4.79 Å². The maximum absolute atomic E-state index is 11.9. The molecule has 0 radical (unpaired) electrons. The number of ether oxygens (including phenoxy) is 3. The normalized spacial score (nSPS) is 10.8. The van der Waals surface area contributed by atoms with Gasteiger partial charge in [0.25, 0.3) is 5.91 Å². The standard InChI is InChI=1S/C23H30N2O4/c1-5-6-7-10-28-21-9-8-19(14-22(21)27-4)15-24-25-23(26)16-29-20-12-17(2)11-18(3)13-20/h8-9,11-15H,5-7,10,16H2,1-4H3,(H,25,26)/b24-15+. The number of carbonyl (C=O) groups excluding carboxylic acids is 1. The minimum absolute atomic E-state index is 0.103. The first-order valence-corrected chi connectivity index (χ1v) is 9.85. The summed E-state index contributed by atoms with van der Waals surface area (Å²) in [5.41, 5.74) is 5.43. The van der Waals surface area contributed by atoms with Gasteiger partial charge in [0.05, 0.1) is 19.9 Å². The SMILES string of the molecule is CCCCCOc1ccc(/C=N/NC(=O)COc2cc(C)cc(C)c2)cc1OC. The summed E-state index contributed by atoms with van der Waals surface area (Å²) < 4.78 is 16.7. The Morgan fingerprint density at radius 1 is 1.03 bits per heavy atom. The number of nitrogens with one attached hydrogen (secondary N) is 1. The van der Waals surface area contributed by atoms with E-state index in [0.29, 0.717) is 23.9 Å². The van der Waals surface area contributed by atoms with E-state index >= 15 is 0 Å². The maximum atomic E-state index is 11.9. The molecule has 1 amide bonds. The molecule has 0 aliphatic carbocycles. The molecule has 0 heterocycles. The van der Waals surface area contributed by atoms with Crippen molar-refractivity contribution in [3.8, 4) is 17.2 Å². The van der Waals surface area contributed by atoms with Gasteiger partial charge in [0.2, 0.25) is 0 Å². The number of hydrogen-bond acceptors (Lipinski definition) is 5. The van der Waals surface area contributed by atoms with Gasteiger partial charge in [0, 0.05) is 0 Å². The fourth-order valence-electron chi connectivity index (χ4n) is 2.79. The van der Waals surface area contributed by atoms with Gasteiger partial charge in [-0.25, -0.2) is 5.43 Å². The molecule has 0 saturated carbocycles. The molecule has 0 atom stereocenters.